The molecular formula is C8H17ClN4O2S. The van der Waals surface area contributed by atoms with E-state index in [1.807, 2.05) is 6.07 Å². The molecule has 0 aromatic rings. The van der Waals surface area contributed by atoms with Crippen molar-refractivity contribution in [2.75, 3.05) is 26.7 Å². The van der Waals surface area contributed by atoms with E-state index in [0.29, 0.717) is 19.5 Å². The standard InChI is InChI=1S/C8H16N4O2S.ClH/c1-11(5-2-4-9)15(13,14)12-6-3-8(10)7-12;/h8H,2-3,5-7,10H2,1H3;1H/t8-;/m0./s1. The van der Waals surface area contributed by atoms with Crippen LogP contribution in [0.1, 0.15) is 12.8 Å². The van der Waals surface area contributed by atoms with Crippen molar-refractivity contribution in [1.82, 2.24) is 8.61 Å². The van der Waals surface area contributed by atoms with Gasteiger partial charge in [0.1, 0.15) is 0 Å². The van der Waals surface area contributed by atoms with Crippen LogP contribution in [0.15, 0.2) is 0 Å². The Morgan fingerprint density at radius 3 is 2.69 bits per heavy atom. The van der Waals surface area contributed by atoms with E-state index >= 15 is 0 Å². The second-order valence-electron chi connectivity index (χ2n) is 3.64. The summed E-state index contributed by atoms with van der Waals surface area (Å²) in [5.74, 6) is 0. The van der Waals surface area contributed by atoms with E-state index < -0.39 is 10.2 Å². The van der Waals surface area contributed by atoms with Gasteiger partial charge < -0.3 is 5.73 Å². The first-order valence-corrected chi connectivity index (χ1v) is 6.22. The second-order valence-corrected chi connectivity index (χ2v) is 5.68. The zero-order valence-electron chi connectivity index (χ0n) is 9.16. The second kappa shape index (κ2) is 6.37. The topological polar surface area (TPSA) is 90.4 Å². The van der Waals surface area contributed by atoms with Crippen LogP contribution in [0, 0.1) is 11.3 Å². The molecule has 0 spiro atoms. The molecule has 94 valence electrons. The van der Waals surface area contributed by atoms with Crippen molar-refractivity contribution in [2.24, 2.45) is 5.73 Å². The van der Waals surface area contributed by atoms with Crippen LogP contribution in [-0.4, -0.2) is 49.8 Å². The molecule has 1 rings (SSSR count). The van der Waals surface area contributed by atoms with Crippen LogP contribution >= 0.6 is 12.4 Å². The maximum absolute atomic E-state index is 11.9. The highest BCUT2D eigenvalue weighted by atomic mass is 35.5. The molecule has 0 bridgehead atoms. The number of hydrogen-bond donors (Lipinski definition) is 1. The van der Waals surface area contributed by atoms with E-state index in [1.54, 1.807) is 0 Å². The predicted octanol–water partition coefficient (Wildman–Crippen LogP) is -0.469. The fraction of sp³-hybridized carbons (Fsp3) is 0.875. The predicted molar refractivity (Wildman–Crippen MR) is 63.2 cm³/mol. The lowest BCUT2D eigenvalue weighted by molar-refractivity contribution is 0.396. The molecule has 0 aromatic heterocycles. The van der Waals surface area contributed by atoms with Crippen LogP contribution in [0.5, 0.6) is 0 Å². The average molecular weight is 269 g/mol. The van der Waals surface area contributed by atoms with E-state index in [9.17, 15) is 8.42 Å². The summed E-state index contributed by atoms with van der Waals surface area (Å²) in [5.41, 5.74) is 5.65. The first kappa shape index (κ1) is 15.6. The van der Waals surface area contributed by atoms with Gasteiger partial charge in [-0.1, -0.05) is 0 Å². The Labute approximate surface area is 103 Å². The molecule has 8 heteroatoms. The molecule has 1 aliphatic rings. The molecule has 6 nitrogen and oxygen atoms in total. The monoisotopic (exact) mass is 268 g/mol. The molecule has 0 saturated carbocycles. The van der Waals surface area contributed by atoms with Crippen molar-refractivity contribution in [1.29, 1.82) is 5.26 Å². The summed E-state index contributed by atoms with van der Waals surface area (Å²) >= 11 is 0. The zero-order chi connectivity index (χ0) is 11.5. The molecule has 1 atom stereocenters. The van der Waals surface area contributed by atoms with Crippen LogP contribution in [-0.2, 0) is 10.2 Å². The first-order valence-electron chi connectivity index (χ1n) is 4.82. The van der Waals surface area contributed by atoms with E-state index in [4.69, 9.17) is 11.0 Å². The van der Waals surface area contributed by atoms with E-state index in [2.05, 4.69) is 0 Å². The van der Waals surface area contributed by atoms with Crippen molar-refractivity contribution in [3.63, 3.8) is 0 Å². The van der Waals surface area contributed by atoms with E-state index in [0.717, 1.165) is 0 Å². The first-order chi connectivity index (χ1) is 6.98. The van der Waals surface area contributed by atoms with Crippen molar-refractivity contribution in [3.8, 4) is 6.07 Å². The average Bonchev–Trinajstić information content (AvgIpc) is 2.61. The molecule has 0 radical (unpaired) electrons. The largest absolute Gasteiger partial charge is 0.326 e. The molecule has 16 heavy (non-hydrogen) atoms. The van der Waals surface area contributed by atoms with Crippen LogP contribution in [0.4, 0.5) is 0 Å². The van der Waals surface area contributed by atoms with Crippen molar-refractivity contribution >= 4 is 22.6 Å². The Kier molecular flexibility index (Phi) is 6.22. The van der Waals surface area contributed by atoms with Crippen molar-refractivity contribution in [3.05, 3.63) is 0 Å². The van der Waals surface area contributed by atoms with Gasteiger partial charge in [0.2, 0.25) is 0 Å². The van der Waals surface area contributed by atoms with E-state index in [-0.39, 0.29) is 31.4 Å². The highest BCUT2D eigenvalue weighted by Gasteiger charge is 2.32. The molecule has 1 heterocycles. The number of nitrogens with two attached hydrogens (primary N) is 1. The maximum Gasteiger partial charge on any atom is 0.281 e. The molecule has 0 aromatic carbocycles. The van der Waals surface area contributed by atoms with Crippen LogP contribution in [0.25, 0.3) is 0 Å². The van der Waals surface area contributed by atoms with Gasteiger partial charge in [0.15, 0.2) is 0 Å². The highest BCUT2D eigenvalue weighted by molar-refractivity contribution is 7.86. The van der Waals surface area contributed by atoms with Crippen LogP contribution in [0.3, 0.4) is 0 Å². The molecule has 1 aliphatic heterocycles. The molecule has 2 N–H and O–H groups in total. The Balaban J connectivity index is 0.00000225. The Morgan fingerprint density at radius 2 is 2.25 bits per heavy atom. The summed E-state index contributed by atoms with van der Waals surface area (Å²) in [6, 6.07) is 1.86. The summed E-state index contributed by atoms with van der Waals surface area (Å²) < 4.78 is 26.3. The molecule has 0 unspecified atom stereocenters. The lowest BCUT2D eigenvalue weighted by atomic mass is 10.3. The third-order valence-corrected chi connectivity index (χ3v) is 4.40. The number of halogens is 1. The minimum atomic E-state index is -3.41. The molecule has 0 aliphatic carbocycles. The number of hydrogen-bond acceptors (Lipinski definition) is 4. The minimum Gasteiger partial charge on any atom is -0.326 e. The summed E-state index contributed by atoms with van der Waals surface area (Å²) in [6.07, 6.45) is 0.904. The van der Waals surface area contributed by atoms with Gasteiger partial charge in [-0.05, 0) is 6.42 Å². The molecule has 1 fully saturated rings. The number of nitrogens with zero attached hydrogens (tertiary/aromatic N) is 3. The van der Waals surface area contributed by atoms with Crippen molar-refractivity contribution < 1.29 is 8.42 Å². The minimum absolute atomic E-state index is 0. The summed E-state index contributed by atoms with van der Waals surface area (Å²) in [6.45, 7) is 1.07. The van der Waals surface area contributed by atoms with Crippen molar-refractivity contribution in [2.45, 2.75) is 18.9 Å². The Hall–Kier alpha value is -0.390. The number of nitriles is 1. The van der Waals surface area contributed by atoms with Gasteiger partial charge in [-0.25, -0.2) is 0 Å². The smallest absolute Gasteiger partial charge is 0.281 e. The highest BCUT2D eigenvalue weighted by Crippen LogP contribution is 2.14. The zero-order valence-corrected chi connectivity index (χ0v) is 10.8. The third-order valence-electron chi connectivity index (χ3n) is 2.45. The van der Waals surface area contributed by atoms with E-state index in [1.165, 1.54) is 15.7 Å². The normalized spacial score (nSPS) is 21.8. The van der Waals surface area contributed by atoms with Gasteiger partial charge in [-0.15, -0.1) is 12.4 Å². The lowest BCUT2D eigenvalue weighted by Crippen LogP contribution is -2.42. The SMILES string of the molecule is CN(CCC#N)S(=O)(=O)N1CC[C@H](N)C1.Cl. The number of rotatable bonds is 4. The Morgan fingerprint density at radius 1 is 1.62 bits per heavy atom. The maximum atomic E-state index is 11.9. The molecule has 1 saturated heterocycles. The van der Waals surface area contributed by atoms with Gasteiger partial charge in [0, 0.05) is 39.1 Å². The van der Waals surface area contributed by atoms with Gasteiger partial charge in [-0.2, -0.15) is 22.3 Å². The van der Waals surface area contributed by atoms with Gasteiger partial charge >= 0.3 is 0 Å². The quantitative estimate of drug-likeness (QED) is 0.746. The summed E-state index contributed by atoms with van der Waals surface area (Å²) in [5, 5.41) is 8.38. The Bertz CT molecular complexity index is 354. The fourth-order valence-electron chi connectivity index (χ4n) is 1.48. The van der Waals surface area contributed by atoms with Gasteiger partial charge in [0.05, 0.1) is 6.07 Å². The molecular weight excluding hydrogens is 252 g/mol. The fourth-order valence-corrected chi connectivity index (χ4v) is 2.92. The lowest BCUT2D eigenvalue weighted by Gasteiger charge is -2.23. The summed E-state index contributed by atoms with van der Waals surface area (Å²) in [7, 11) is -1.93. The van der Waals surface area contributed by atoms with Gasteiger partial charge in [0.25, 0.3) is 10.2 Å². The summed E-state index contributed by atoms with van der Waals surface area (Å²) in [4.78, 5) is 0. The van der Waals surface area contributed by atoms with Gasteiger partial charge in [-0.3, -0.25) is 0 Å². The molecule has 0 amide bonds. The third kappa shape index (κ3) is 3.57. The van der Waals surface area contributed by atoms with Crippen LogP contribution < -0.4 is 5.73 Å². The van der Waals surface area contributed by atoms with Crippen LogP contribution in [0.2, 0.25) is 0 Å².